The van der Waals surface area contributed by atoms with Gasteiger partial charge >= 0.3 is 0 Å². The molecule has 2 rings (SSSR count). The molecule has 1 aliphatic rings. The van der Waals surface area contributed by atoms with E-state index in [9.17, 15) is 9.90 Å². The maximum atomic E-state index is 12.2. The highest BCUT2D eigenvalue weighted by Crippen LogP contribution is 2.18. The summed E-state index contributed by atoms with van der Waals surface area (Å²) >= 11 is 0. The number of carbonyl (C=O) groups is 1. The van der Waals surface area contributed by atoms with Crippen molar-refractivity contribution in [2.45, 2.75) is 64.1 Å². The standard InChI is InChI=1S/C17H26N2O2/c1-12-8-10-14(11-9-12)19-17(21)13(2)18-15-6-4-3-5-7-16(15)20/h8-11,13,15-16,18,20H,3-7H2,1-2H3,(H,19,21). The quantitative estimate of drug-likeness (QED) is 0.747. The van der Waals surface area contributed by atoms with E-state index in [1.165, 1.54) is 12.0 Å². The molecule has 0 aliphatic heterocycles. The number of carbonyl (C=O) groups excluding carboxylic acids is 1. The Hall–Kier alpha value is -1.39. The lowest BCUT2D eigenvalue weighted by Crippen LogP contribution is -2.48. The summed E-state index contributed by atoms with van der Waals surface area (Å²) in [6.07, 6.45) is 4.76. The Morgan fingerprint density at radius 2 is 1.86 bits per heavy atom. The lowest BCUT2D eigenvalue weighted by atomic mass is 10.0. The Bertz CT molecular complexity index is 458. The van der Waals surface area contributed by atoms with Gasteiger partial charge < -0.3 is 15.7 Å². The third-order valence-electron chi connectivity index (χ3n) is 4.16. The lowest BCUT2D eigenvalue weighted by molar-refractivity contribution is -0.118. The molecule has 21 heavy (non-hydrogen) atoms. The summed E-state index contributed by atoms with van der Waals surface area (Å²) in [4.78, 5) is 12.2. The van der Waals surface area contributed by atoms with E-state index in [-0.39, 0.29) is 24.1 Å². The van der Waals surface area contributed by atoms with Crippen LogP contribution in [0.2, 0.25) is 0 Å². The molecular weight excluding hydrogens is 264 g/mol. The molecule has 1 aromatic rings. The molecule has 0 heterocycles. The maximum absolute atomic E-state index is 12.2. The zero-order valence-corrected chi connectivity index (χ0v) is 12.9. The first-order valence-electron chi connectivity index (χ1n) is 7.88. The molecule has 116 valence electrons. The number of anilines is 1. The molecule has 1 aliphatic carbocycles. The van der Waals surface area contributed by atoms with Crippen LogP contribution in [0.15, 0.2) is 24.3 Å². The van der Waals surface area contributed by atoms with Crippen molar-refractivity contribution in [1.29, 1.82) is 0 Å². The number of aliphatic hydroxyl groups is 1. The summed E-state index contributed by atoms with van der Waals surface area (Å²) in [5.74, 6) is -0.0599. The second-order valence-corrected chi connectivity index (χ2v) is 6.06. The fourth-order valence-corrected chi connectivity index (χ4v) is 2.77. The average Bonchev–Trinajstić information content (AvgIpc) is 2.66. The summed E-state index contributed by atoms with van der Waals surface area (Å²) in [7, 11) is 0. The van der Waals surface area contributed by atoms with Gasteiger partial charge in [-0.15, -0.1) is 0 Å². The summed E-state index contributed by atoms with van der Waals surface area (Å²) in [6, 6.07) is 7.46. The lowest BCUT2D eigenvalue weighted by Gasteiger charge is -2.25. The number of aliphatic hydroxyl groups excluding tert-OH is 1. The van der Waals surface area contributed by atoms with Crippen LogP contribution in [-0.4, -0.2) is 29.2 Å². The van der Waals surface area contributed by atoms with Crippen LogP contribution in [-0.2, 0) is 4.79 Å². The van der Waals surface area contributed by atoms with Crippen LogP contribution in [0.5, 0.6) is 0 Å². The monoisotopic (exact) mass is 290 g/mol. The molecule has 1 amide bonds. The predicted octanol–water partition coefficient (Wildman–Crippen LogP) is 2.61. The van der Waals surface area contributed by atoms with E-state index in [2.05, 4.69) is 10.6 Å². The fourth-order valence-electron chi connectivity index (χ4n) is 2.77. The summed E-state index contributed by atoms with van der Waals surface area (Å²) in [5.41, 5.74) is 1.97. The Balaban J connectivity index is 1.88. The maximum Gasteiger partial charge on any atom is 0.241 e. The molecule has 0 aromatic heterocycles. The van der Waals surface area contributed by atoms with Gasteiger partial charge in [0.1, 0.15) is 0 Å². The van der Waals surface area contributed by atoms with Gasteiger partial charge in [-0.25, -0.2) is 0 Å². The molecule has 0 saturated heterocycles. The number of hydrogen-bond acceptors (Lipinski definition) is 3. The van der Waals surface area contributed by atoms with Gasteiger partial charge in [0.15, 0.2) is 0 Å². The molecule has 1 fully saturated rings. The molecule has 0 bridgehead atoms. The molecule has 3 atom stereocenters. The first-order valence-corrected chi connectivity index (χ1v) is 7.88. The van der Waals surface area contributed by atoms with Crippen molar-refractivity contribution >= 4 is 11.6 Å². The number of hydrogen-bond donors (Lipinski definition) is 3. The van der Waals surface area contributed by atoms with E-state index in [0.717, 1.165) is 31.4 Å². The fraction of sp³-hybridized carbons (Fsp3) is 0.588. The largest absolute Gasteiger partial charge is 0.392 e. The van der Waals surface area contributed by atoms with Crippen molar-refractivity contribution in [1.82, 2.24) is 5.32 Å². The van der Waals surface area contributed by atoms with Crippen molar-refractivity contribution in [3.05, 3.63) is 29.8 Å². The Morgan fingerprint density at radius 1 is 1.19 bits per heavy atom. The third-order valence-corrected chi connectivity index (χ3v) is 4.16. The van der Waals surface area contributed by atoms with Crippen molar-refractivity contribution in [3.8, 4) is 0 Å². The zero-order valence-electron chi connectivity index (χ0n) is 12.9. The highest BCUT2D eigenvalue weighted by Gasteiger charge is 2.25. The highest BCUT2D eigenvalue weighted by molar-refractivity contribution is 5.94. The number of nitrogens with one attached hydrogen (secondary N) is 2. The second kappa shape index (κ2) is 7.57. The van der Waals surface area contributed by atoms with Crippen molar-refractivity contribution in [2.75, 3.05) is 5.32 Å². The SMILES string of the molecule is Cc1ccc(NC(=O)C(C)NC2CCCCCC2O)cc1. The van der Waals surface area contributed by atoms with E-state index < -0.39 is 0 Å². The van der Waals surface area contributed by atoms with Crippen LogP contribution in [0.25, 0.3) is 0 Å². The van der Waals surface area contributed by atoms with Crippen LogP contribution >= 0.6 is 0 Å². The van der Waals surface area contributed by atoms with Gasteiger partial charge in [-0.2, -0.15) is 0 Å². The topological polar surface area (TPSA) is 61.4 Å². The van der Waals surface area contributed by atoms with Crippen LogP contribution < -0.4 is 10.6 Å². The van der Waals surface area contributed by atoms with Gasteiger partial charge in [-0.1, -0.05) is 37.0 Å². The molecule has 4 heteroatoms. The van der Waals surface area contributed by atoms with Crippen molar-refractivity contribution in [3.63, 3.8) is 0 Å². The smallest absolute Gasteiger partial charge is 0.241 e. The van der Waals surface area contributed by atoms with Gasteiger partial charge in [0.25, 0.3) is 0 Å². The Labute approximate surface area is 126 Å². The van der Waals surface area contributed by atoms with E-state index in [0.29, 0.717) is 0 Å². The first-order chi connectivity index (χ1) is 10.1. The summed E-state index contributed by atoms with van der Waals surface area (Å²) < 4.78 is 0. The number of benzene rings is 1. The number of amides is 1. The van der Waals surface area contributed by atoms with Crippen molar-refractivity contribution in [2.24, 2.45) is 0 Å². The highest BCUT2D eigenvalue weighted by atomic mass is 16.3. The van der Waals surface area contributed by atoms with E-state index >= 15 is 0 Å². The van der Waals surface area contributed by atoms with Gasteiger partial charge in [-0.05, 0) is 38.8 Å². The average molecular weight is 290 g/mol. The van der Waals surface area contributed by atoms with Crippen LogP contribution in [0.1, 0.15) is 44.6 Å². The minimum absolute atomic E-state index is 0.0197. The minimum atomic E-state index is -0.345. The van der Waals surface area contributed by atoms with Gasteiger partial charge in [0.05, 0.1) is 12.1 Å². The molecule has 1 aromatic carbocycles. The number of rotatable bonds is 4. The minimum Gasteiger partial charge on any atom is -0.392 e. The van der Waals surface area contributed by atoms with E-state index in [4.69, 9.17) is 0 Å². The molecule has 1 saturated carbocycles. The third kappa shape index (κ3) is 4.83. The Morgan fingerprint density at radius 3 is 2.57 bits per heavy atom. The van der Waals surface area contributed by atoms with E-state index in [1.54, 1.807) is 0 Å². The number of aryl methyl sites for hydroxylation is 1. The Kier molecular flexibility index (Phi) is 5.76. The molecular formula is C17H26N2O2. The van der Waals surface area contributed by atoms with Gasteiger partial charge in [-0.3, -0.25) is 4.79 Å². The molecule has 3 unspecified atom stereocenters. The normalized spacial score (nSPS) is 24.1. The molecule has 3 N–H and O–H groups in total. The van der Waals surface area contributed by atoms with Crippen molar-refractivity contribution < 1.29 is 9.90 Å². The van der Waals surface area contributed by atoms with Crippen LogP contribution in [0, 0.1) is 6.92 Å². The van der Waals surface area contributed by atoms with Crippen LogP contribution in [0.3, 0.4) is 0 Å². The van der Waals surface area contributed by atoms with Gasteiger partial charge in [0.2, 0.25) is 5.91 Å². The molecule has 0 radical (unpaired) electrons. The van der Waals surface area contributed by atoms with Crippen LogP contribution in [0.4, 0.5) is 5.69 Å². The summed E-state index contributed by atoms with van der Waals surface area (Å²) in [5, 5.41) is 16.3. The van der Waals surface area contributed by atoms with Gasteiger partial charge in [0, 0.05) is 11.7 Å². The predicted molar refractivity (Wildman–Crippen MR) is 85.3 cm³/mol. The second-order valence-electron chi connectivity index (χ2n) is 6.06. The van der Waals surface area contributed by atoms with E-state index in [1.807, 2.05) is 38.1 Å². The zero-order chi connectivity index (χ0) is 15.2. The molecule has 4 nitrogen and oxygen atoms in total. The first kappa shape index (κ1) is 16.0. The summed E-state index contributed by atoms with van der Waals surface area (Å²) in [6.45, 7) is 3.87. The molecule has 0 spiro atoms.